The SMILES string of the molecule is CCn1cc(S(=O)(=O)Nc2ccn(Cc3ccc(Cl)cc3Cl)n2)c(C)n1. The first kappa shape index (κ1) is 18.8. The fourth-order valence-corrected chi connectivity index (χ4v) is 4.10. The molecule has 10 heteroatoms. The number of hydrogen-bond acceptors (Lipinski definition) is 4. The standard InChI is InChI=1S/C16H17Cl2N5O2S/c1-3-22-10-15(11(2)19-22)26(24,25)21-16-6-7-23(20-16)9-12-4-5-13(17)8-14(12)18/h4-8,10H,3,9H2,1-2H3,(H,20,21). The maximum atomic E-state index is 12.6. The average molecular weight is 414 g/mol. The molecule has 0 unspecified atom stereocenters. The van der Waals surface area contributed by atoms with Crippen LogP contribution >= 0.6 is 23.2 Å². The van der Waals surface area contributed by atoms with Crippen LogP contribution in [0.3, 0.4) is 0 Å². The van der Waals surface area contributed by atoms with Gasteiger partial charge >= 0.3 is 0 Å². The number of anilines is 1. The molecule has 0 spiro atoms. The van der Waals surface area contributed by atoms with Crippen molar-refractivity contribution in [3.8, 4) is 0 Å². The predicted molar refractivity (Wildman–Crippen MR) is 101 cm³/mol. The van der Waals surface area contributed by atoms with E-state index >= 15 is 0 Å². The molecule has 1 N–H and O–H groups in total. The highest BCUT2D eigenvalue weighted by Gasteiger charge is 2.21. The van der Waals surface area contributed by atoms with Gasteiger partial charge in [0.2, 0.25) is 0 Å². The van der Waals surface area contributed by atoms with Gasteiger partial charge in [0, 0.05) is 35.1 Å². The molecule has 0 bridgehead atoms. The van der Waals surface area contributed by atoms with E-state index in [2.05, 4.69) is 14.9 Å². The van der Waals surface area contributed by atoms with Crippen molar-refractivity contribution in [1.29, 1.82) is 0 Å². The van der Waals surface area contributed by atoms with Gasteiger partial charge in [0.1, 0.15) is 4.90 Å². The summed E-state index contributed by atoms with van der Waals surface area (Å²) in [5, 5.41) is 9.48. The Morgan fingerprint density at radius 1 is 1.15 bits per heavy atom. The fraction of sp³-hybridized carbons (Fsp3) is 0.250. The highest BCUT2D eigenvalue weighted by Crippen LogP contribution is 2.22. The summed E-state index contributed by atoms with van der Waals surface area (Å²) < 4.78 is 30.8. The van der Waals surface area contributed by atoms with Crippen molar-refractivity contribution >= 4 is 39.0 Å². The zero-order valence-electron chi connectivity index (χ0n) is 14.1. The van der Waals surface area contributed by atoms with Crippen LogP contribution in [0.15, 0.2) is 41.6 Å². The maximum absolute atomic E-state index is 12.6. The fourth-order valence-electron chi connectivity index (χ4n) is 2.45. The topological polar surface area (TPSA) is 81.8 Å². The van der Waals surface area contributed by atoms with Gasteiger partial charge in [0.15, 0.2) is 5.82 Å². The summed E-state index contributed by atoms with van der Waals surface area (Å²) in [7, 11) is -3.76. The zero-order valence-corrected chi connectivity index (χ0v) is 16.5. The van der Waals surface area contributed by atoms with Gasteiger partial charge in [-0.05, 0) is 31.5 Å². The van der Waals surface area contributed by atoms with Gasteiger partial charge in [-0.25, -0.2) is 8.42 Å². The molecule has 0 fully saturated rings. The van der Waals surface area contributed by atoms with E-state index in [-0.39, 0.29) is 10.7 Å². The van der Waals surface area contributed by atoms with Crippen molar-refractivity contribution in [2.75, 3.05) is 4.72 Å². The molecule has 3 aromatic rings. The number of aromatic nitrogens is 4. The Hall–Kier alpha value is -2.03. The van der Waals surface area contributed by atoms with Crippen molar-refractivity contribution in [2.45, 2.75) is 31.8 Å². The van der Waals surface area contributed by atoms with Gasteiger partial charge in [-0.1, -0.05) is 29.3 Å². The lowest BCUT2D eigenvalue weighted by Crippen LogP contribution is -2.14. The van der Waals surface area contributed by atoms with Crippen molar-refractivity contribution in [2.24, 2.45) is 0 Å². The lowest BCUT2D eigenvalue weighted by molar-refractivity contribution is 0.599. The van der Waals surface area contributed by atoms with Crippen molar-refractivity contribution in [3.63, 3.8) is 0 Å². The lowest BCUT2D eigenvalue weighted by atomic mass is 10.2. The Morgan fingerprint density at radius 2 is 1.92 bits per heavy atom. The summed E-state index contributed by atoms with van der Waals surface area (Å²) in [6.45, 7) is 4.53. The number of nitrogens with zero attached hydrogens (tertiary/aromatic N) is 4. The lowest BCUT2D eigenvalue weighted by Gasteiger charge is -2.06. The van der Waals surface area contributed by atoms with E-state index in [1.54, 1.807) is 46.7 Å². The van der Waals surface area contributed by atoms with E-state index in [0.29, 0.717) is 28.8 Å². The summed E-state index contributed by atoms with van der Waals surface area (Å²) in [6, 6.07) is 6.78. The minimum absolute atomic E-state index is 0.134. The van der Waals surface area contributed by atoms with Crippen LogP contribution < -0.4 is 4.72 Å². The molecule has 0 aliphatic rings. The quantitative estimate of drug-likeness (QED) is 0.669. The van der Waals surface area contributed by atoms with E-state index < -0.39 is 10.0 Å². The van der Waals surface area contributed by atoms with E-state index in [1.165, 1.54) is 6.20 Å². The first-order valence-corrected chi connectivity index (χ1v) is 10.1. The summed E-state index contributed by atoms with van der Waals surface area (Å²) in [5.41, 5.74) is 1.26. The smallest absolute Gasteiger partial charge is 0.266 e. The molecule has 1 aromatic carbocycles. The molecule has 0 atom stereocenters. The molecule has 0 saturated heterocycles. The number of benzene rings is 1. The third kappa shape index (κ3) is 4.03. The van der Waals surface area contributed by atoms with Gasteiger partial charge in [-0.2, -0.15) is 10.2 Å². The molecule has 2 aromatic heterocycles. The molecule has 3 rings (SSSR count). The second-order valence-corrected chi connectivity index (χ2v) is 8.17. The summed E-state index contributed by atoms with van der Waals surface area (Å²) in [4.78, 5) is 0.134. The van der Waals surface area contributed by atoms with Crippen molar-refractivity contribution < 1.29 is 8.42 Å². The van der Waals surface area contributed by atoms with E-state index in [0.717, 1.165) is 5.56 Å². The van der Waals surface area contributed by atoms with Gasteiger partial charge in [0.05, 0.1) is 12.2 Å². The van der Waals surface area contributed by atoms with Crippen LogP contribution in [0.2, 0.25) is 10.0 Å². The van der Waals surface area contributed by atoms with E-state index in [1.807, 2.05) is 6.92 Å². The number of nitrogens with one attached hydrogen (secondary N) is 1. The molecule has 138 valence electrons. The highest BCUT2D eigenvalue weighted by atomic mass is 35.5. The van der Waals surface area contributed by atoms with Gasteiger partial charge in [0.25, 0.3) is 10.0 Å². The second-order valence-electron chi connectivity index (χ2n) is 5.67. The van der Waals surface area contributed by atoms with Crippen LogP contribution in [0.5, 0.6) is 0 Å². The minimum Gasteiger partial charge on any atom is -0.271 e. The van der Waals surface area contributed by atoms with E-state index in [9.17, 15) is 8.42 Å². The molecule has 0 aliphatic carbocycles. The normalized spacial score (nSPS) is 11.7. The summed E-state index contributed by atoms with van der Waals surface area (Å²) in [5.74, 6) is 0.221. The van der Waals surface area contributed by atoms with Crippen LogP contribution in [-0.4, -0.2) is 28.0 Å². The molecule has 0 amide bonds. The third-order valence-electron chi connectivity index (χ3n) is 3.74. The molecule has 2 heterocycles. The Bertz CT molecular complexity index is 1040. The van der Waals surface area contributed by atoms with Gasteiger partial charge in [-0.3, -0.25) is 14.1 Å². The zero-order chi connectivity index (χ0) is 18.9. The second kappa shape index (κ2) is 7.30. The van der Waals surface area contributed by atoms with E-state index in [4.69, 9.17) is 23.2 Å². The van der Waals surface area contributed by atoms with Crippen LogP contribution in [-0.2, 0) is 23.1 Å². The monoisotopic (exact) mass is 413 g/mol. The predicted octanol–water partition coefficient (Wildman–Crippen LogP) is 3.56. The van der Waals surface area contributed by atoms with Crippen molar-refractivity contribution in [3.05, 3.63) is 58.0 Å². The summed E-state index contributed by atoms with van der Waals surface area (Å²) >= 11 is 12.0. The molecule has 26 heavy (non-hydrogen) atoms. The number of rotatable bonds is 6. The van der Waals surface area contributed by atoms with Crippen LogP contribution in [0.25, 0.3) is 0 Å². The average Bonchev–Trinajstić information content (AvgIpc) is 3.16. The van der Waals surface area contributed by atoms with Crippen LogP contribution in [0.4, 0.5) is 5.82 Å². The first-order chi connectivity index (χ1) is 12.3. The molecule has 7 nitrogen and oxygen atoms in total. The van der Waals surface area contributed by atoms with Gasteiger partial charge < -0.3 is 0 Å². The Morgan fingerprint density at radius 3 is 2.58 bits per heavy atom. The van der Waals surface area contributed by atoms with Crippen molar-refractivity contribution in [1.82, 2.24) is 19.6 Å². The third-order valence-corrected chi connectivity index (χ3v) is 5.79. The number of sulfonamides is 1. The molecular weight excluding hydrogens is 397 g/mol. The minimum atomic E-state index is -3.76. The van der Waals surface area contributed by atoms with Crippen LogP contribution in [0, 0.1) is 6.92 Å². The Balaban J connectivity index is 1.78. The molecule has 0 saturated carbocycles. The largest absolute Gasteiger partial charge is 0.271 e. The molecule has 0 radical (unpaired) electrons. The molecule has 0 aliphatic heterocycles. The first-order valence-electron chi connectivity index (χ1n) is 7.82. The highest BCUT2D eigenvalue weighted by molar-refractivity contribution is 7.92. The Labute approximate surface area is 161 Å². The number of hydrogen-bond donors (Lipinski definition) is 1. The number of aryl methyl sites for hydroxylation is 2. The molecular formula is C16H17Cl2N5O2S. The Kier molecular flexibility index (Phi) is 5.27. The van der Waals surface area contributed by atoms with Crippen LogP contribution in [0.1, 0.15) is 18.2 Å². The summed E-state index contributed by atoms with van der Waals surface area (Å²) in [6.07, 6.45) is 3.17. The maximum Gasteiger partial charge on any atom is 0.266 e. The van der Waals surface area contributed by atoms with Gasteiger partial charge in [-0.15, -0.1) is 0 Å². The number of halogens is 2.